The molecule has 0 atom stereocenters. The van der Waals surface area contributed by atoms with E-state index < -0.39 is 5.97 Å². The molecule has 2 aromatic heterocycles. The van der Waals surface area contributed by atoms with Gasteiger partial charge in [-0.3, -0.25) is 5.10 Å². The van der Waals surface area contributed by atoms with Crippen molar-refractivity contribution in [2.45, 2.75) is 10.1 Å². The maximum absolute atomic E-state index is 11.2. The van der Waals surface area contributed by atoms with E-state index in [1.807, 2.05) is 12.1 Å². The summed E-state index contributed by atoms with van der Waals surface area (Å²) >= 11 is 1.17. The van der Waals surface area contributed by atoms with E-state index in [9.17, 15) is 9.90 Å². The number of aromatic amines is 1. The number of nitrogens with one attached hydrogen (secondary N) is 1. The number of H-pyrrole nitrogens is 1. The molecule has 3 rings (SSSR count). The fourth-order valence-electron chi connectivity index (χ4n) is 1.61. The Labute approximate surface area is 111 Å². The van der Waals surface area contributed by atoms with Gasteiger partial charge in [0.25, 0.3) is 0 Å². The van der Waals surface area contributed by atoms with Crippen LogP contribution in [0.1, 0.15) is 10.5 Å². The van der Waals surface area contributed by atoms with Crippen LogP contribution in [-0.4, -0.2) is 36.5 Å². The molecule has 2 heterocycles. The Morgan fingerprint density at radius 3 is 2.84 bits per heavy atom. The SMILES string of the molecule is O=C(O)c1nnc2ccccc2c1Sc1ncn[nH]1. The molecule has 0 spiro atoms. The van der Waals surface area contributed by atoms with Crippen molar-refractivity contribution in [3.63, 3.8) is 0 Å². The molecule has 0 fully saturated rings. The number of aromatic nitrogens is 5. The molecule has 0 amide bonds. The van der Waals surface area contributed by atoms with Crippen molar-refractivity contribution in [2.75, 3.05) is 0 Å². The first kappa shape index (κ1) is 11.6. The van der Waals surface area contributed by atoms with Gasteiger partial charge in [-0.1, -0.05) is 18.2 Å². The number of carboxylic acids is 1. The second-order valence-corrected chi connectivity index (χ2v) is 4.59. The number of carboxylic acid groups (broad SMARTS) is 1. The number of hydrogen-bond donors (Lipinski definition) is 2. The molecule has 0 aliphatic rings. The van der Waals surface area contributed by atoms with Gasteiger partial charge in [-0.15, -0.1) is 10.2 Å². The summed E-state index contributed by atoms with van der Waals surface area (Å²) in [5, 5.41) is 24.5. The molecular formula is C11H7N5O2S. The molecule has 0 saturated heterocycles. The van der Waals surface area contributed by atoms with Gasteiger partial charge < -0.3 is 5.11 Å². The summed E-state index contributed by atoms with van der Waals surface area (Å²) in [6.07, 6.45) is 1.36. The molecule has 3 aromatic rings. The zero-order chi connectivity index (χ0) is 13.2. The highest BCUT2D eigenvalue weighted by Crippen LogP contribution is 2.32. The van der Waals surface area contributed by atoms with E-state index >= 15 is 0 Å². The van der Waals surface area contributed by atoms with Crippen LogP contribution < -0.4 is 0 Å². The third-order valence-corrected chi connectivity index (χ3v) is 3.42. The van der Waals surface area contributed by atoms with Crippen molar-refractivity contribution in [1.29, 1.82) is 0 Å². The summed E-state index contributed by atoms with van der Waals surface area (Å²) in [5.41, 5.74) is 0.537. The lowest BCUT2D eigenvalue weighted by Gasteiger charge is -2.06. The van der Waals surface area contributed by atoms with Gasteiger partial charge >= 0.3 is 5.97 Å². The molecule has 19 heavy (non-hydrogen) atoms. The van der Waals surface area contributed by atoms with E-state index in [0.29, 0.717) is 15.6 Å². The Balaban J connectivity index is 2.22. The minimum absolute atomic E-state index is 0.0971. The van der Waals surface area contributed by atoms with Gasteiger partial charge in [-0.05, 0) is 17.8 Å². The highest BCUT2D eigenvalue weighted by Gasteiger charge is 2.18. The average Bonchev–Trinajstić information content (AvgIpc) is 2.92. The first-order chi connectivity index (χ1) is 9.25. The second-order valence-electron chi connectivity index (χ2n) is 3.59. The van der Waals surface area contributed by atoms with Crippen molar-refractivity contribution >= 4 is 28.6 Å². The molecule has 0 unspecified atom stereocenters. The molecule has 0 saturated carbocycles. The fourth-order valence-corrected chi connectivity index (χ4v) is 2.51. The summed E-state index contributed by atoms with van der Waals surface area (Å²) in [7, 11) is 0. The largest absolute Gasteiger partial charge is 0.476 e. The quantitative estimate of drug-likeness (QED) is 0.746. The third-order valence-electron chi connectivity index (χ3n) is 2.42. The van der Waals surface area contributed by atoms with Gasteiger partial charge in [-0.25, -0.2) is 9.78 Å². The zero-order valence-electron chi connectivity index (χ0n) is 9.44. The summed E-state index contributed by atoms with van der Waals surface area (Å²) < 4.78 is 0. The maximum atomic E-state index is 11.2. The van der Waals surface area contributed by atoms with Crippen molar-refractivity contribution in [3.8, 4) is 0 Å². The molecule has 1 aromatic carbocycles. The van der Waals surface area contributed by atoms with Crippen LogP contribution >= 0.6 is 11.8 Å². The van der Waals surface area contributed by atoms with Gasteiger partial charge in [-0.2, -0.15) is 5.10 Å². The van der Waals surface area contributed by atoms with Crippen LogP contribution in [0, 0.1) is 0 Å². The van der Waals surface area contributed by atoms with Gasteiger partial charge in [0.2, 0.25) is 0 Å². The topological polar surface area (TPSA) is 105 Å². The summed E-state index contributed by atoms with van der Waals surface area (Å²) in [5.74, 6) is -1.12. The van der Waals surface area contributed by atoms with E-state index in [4.69, 9.17) is 0 Å². The van der Waals surface area contributed by atoms with E-state index in [-0.39, 0.29) is 5.69 Å². The number of rotatable bonds is 3. The Hall–Kier alpha value is -2.48. The van der Waals surface area contributed by atoms with Crippen molar-refractivity contribution in [1.82, 2.24) is 25.4 Å². The highest BCUT2D eigenvalue weighted by atomic mass is 32.2. The predicted octanol–water partition coefficient (Wildman–Crippen LogP) is 1.60. The molecule has 0 aliphatic carbocycles. The van der Waals surface area contributed by atoms with Crippen LogP contribution in [0.4, 0.5) is 0 Å². The summed E-state index contributed by atoms with van der Waals surface area (Å²) in [6, 6.07) is 7.22. The number of benzene rings is 1. The highest BCUT2D eigenvalue weighted by molar-refractivity contribution is 7.99. The van der Waals surface area contributed by atoms with Crippen LogP contribution in [0.3, 0.4) is 0 Å². The normalized spacial score (nSPS) is 10.7. The molecule has 8 heteroatoms. The minimum Gasteiger partial charge on any atom is -0.476 e. The van der Waals surface area contributed by atoms with Gasteiger partial charge in [0.05, 0.1) is 10.4 Å². The Morgan fingerprint density at radius 1 is 1.26 bits per heavy atom. The molecular weight excluding hydrogens is 266 g/mol. The minimum atomic E-state index is -1.12. The van der Waals surface area contributed by atoms with Gasteiger partial charge in [0, 0.05) is 5.39 Å². The molecule has 0 aliphatic heterocycles. The monoisotopic (exact) mass is 273 g/mol. The number of aromatic carboxylic acids is 1. The Bertz CT molecular complexity index is 744. The summed E-state index contributed by atoms with van der Waals surface area (Å²) in [6.45, 7) is 0. The molecule has 2 N–H and O–H groups in total. The molecule has 94 valence electrons. The predicted molar refractivity (Wildman–Crippen MR) is 67.0 cm³/mol. The van der Waals surface area contributed by atoms with E-state index in [2.05, 4.69) is 25.4 Å². The lowest BCUT2D eigenvalue weighted by molar-refractivity contribution is 0.0685. The third kappa shape index (κ3) is 2.13. The van der Waals surface area contributed by atoms with Crippen LogP contribution in [-0.2, 0) is 0 Å². The van der Waals surface area contributed by atoms with Crippen LogP contribution in [0.25, 0.3) is 10.9 Å². The van der Waals surface area contributed by atoms with Crippen LogP contribution in [0.2, 0.25) is 0 Å². The van der Waals surface area contributed by atoms with E-state index in [0.717, 1.165) is 5.39 Å². The first-order valence-corrected chi connectivity index (χ1v) is 6.09. The number of carbonyl (C=O) groups is 1. The maximum Gasteiger partial charge on any atom is 0.357 e. The Morgan fingerprint density at radius 2 is 2.11 bits per heavy atom. The van der Waals surface area contributed by atoms with E-state index in [1.165, 1.54) is 18.1 Å². The van der Waals surface area contributed by atoms with Gasteiger partial charge in [0.15, 0.2) is 10.9 Å². The van der Waals surface area contributed by atoms with Gasteiger partial charge in [0.1, 0.15) is 6.33 Å². The fraction of sp³-hybridized carbons (Fsp3) is 0. The van der Waals surface area contributed by atoms with Crippen molar-refractivity contribution < 1.29 is 9.90 Å². The number of nitrogens with zero attached hydrogens (tertiary/aromatic N) is 4. The smallest absolute Gasteiger partial charge is 0.357 e. The summed E-state index contributed by atoms with van der Waals surface area (Å²) in [4.78, 5) is 15.7. The van der Waals surface area contributed by atoms with Crippen LogP contribution in [0.15, 0.2) is 40.6 Å². The van der Waals surface area contributed by atoms with Crippen molar-refractivity contribution in [3.05, 3.63) is 36.3 Å². The Kier molecular flexibility index (Phi) is 2.84. The van der Waals surface area contributed by atoms with E-state index in [1.54, 1.807) is 12.1 Å². The first-order valence-electron chi connectivity index (χ1n) is 5.27. The standard InChI is InChI=1S/C11H7N5O2S/c17-10(18)8-9(19-11-12-5-13-16-11)6-3-1-2-4-7(6)14-15-8/h1-5H,(H,17,18)(H,12,13,16). The number of fused-ring (bicyclic) bond motifs is 1. The average molecular weight is 273 g/mol. The van der Waals surface area contributed by atoms with Crippen LogP contribution in [0.5, 0.6) is 0 Å². The molecule has 0 bridgehead atoms. The number of hydrogen-bond acceptors (Lipinski definition) is 6. The molecule has 0 radical (unpaired) electrons. The zero-order valence-corrected chi connectivity index (χ0v) is 10.3. The lowest BCUT2D eigenvalue weighted by Crippen LogP contribution is -2.05. The molecule has 7 nitrogen and oxygen atoms in total. The lowest BCUT2D eigenvalue weighted by atomic mass is 10.2. The van der Waals surface area contributed by atoms with Crippen molar-refractivity contribution in [2.24, 2.45) is 0 Å². The second kappa shape index (κ2) is 4.65.